The van der Waals surface area contributed by atoms with Crippen LogP contribution in [-0.4, -0.2) is 45.3 Å². The highest BCUT2D eigenvalue weighted by atomic mass is 32.2. The van der Waals surface area contributed by atoms with Gasteiger partial charge in [0.2, 0.25) is 0 Å². The lowest BCUT2D eigenvalue weighted by atomic mass is 10.2. The third-order valence-electron chi connectivity index (χ3n) is 3.34. The van der Waals surface area contributed by atoms with Crippen molar-refractivity contribution in [1.82, 2.24) is 9.88 Å². The summed E-state index contributed by atoms with van der Waals surface area (Å²) in [6.45, 7) is 6.80. The third kappa shape index (κ3) is 5.09. The molecule has 1 aromatic rings. The summed E-state index contributed by atoms with van der Waals surface area (Å²) in [6, 6.07) is 3.01. The van der Waals surface area contributed by atoms with E-state index in [1.807, 2.05) is 20.8 Å². The fourth-order valence-electron chi connectivity index (χ4n) is 2.29. The van der Waals surface area contributed by atoms with Crippen molar-refractivity contribution in [2.45, 2.75) is 37.8 Å². The molecule has 23 heavy (non-hydrogen) atoms. The van der Waals surface area contributed by atoms with Gasteiger partial charge in [0, 0.05) is 31.1 Å². The van der Waals surface area contributed by atoms with E-state index in [9.17, 15) is 14.9 Å². The molecule has 1 saturated heterocycles. The van der Waals surface area contributed by atoms with Crippen molar-refractivity contribution in [3.05, 3.63) is 28.4 Å². The highest BCUT2D eigenvalue weighted by Gasteiger charge is 2.30. The number of hydrogen-bond donors (Lipinski definition) is 0. The standard InChI is InChI=1S/C15H21N3O4S/c1-15(2,3)22-14(19)17-8-6-11(9-17)10-23-13-12(18(20)21)5-4-7-16-13/h4-5,7,11H,6,8-10H2,1-3H3. The summed E-state index contributed by atoms with van der Waals surface area (Å²) in [5.41, 5.74) is -0.474. The second-order valence-electron chi connectivity index (χ2n) is 6.48. The number of thioether (sulfide) groups is 1. The SMILES string of the molecule is CC(C)(C)OC(=O)N1CCC(CSc2ncccc2[N+](=O)[O-])C1. The van der Waals surface area contributed by atoms with Crippen molar-refractivity contribution in [1.29, 1.82) is 0 Å². The Hall–Kier alpha value is -1.83. The quantitative estimate of drug-likeness (QED) is 0.475. The molecule has 126 valence electrons. The van der Waals surface area contributed by atoms with Gasteiger partial charge in [0.05, 0.1) is 4.92 Å². The molecule has 0 bridgehead atoms. The molecule has 8 heteroatoms. The first-order chi connectivity index (χ1) is 10.8. The van der Waals surface area contributed by atoms with Crippen LogP contribution in [0, 0.1) is 16.0 Å². The van der Waals surface area contributed by atoms with Gasteiger partial charge in [-0.15, -0.1) is 0 Å². The highest BCUT2D eigenvalue weighted by molar-refractivity contribution is 7.99. The predicted molar refractivity (Wildman–Crippen MR) is 87.5 cm³/mol. The van der Waals surface area contributed by atoms with Crippen LogP contribution < -0.4 is 0 Å². The van der Waals surface area contributed by atoms with Gasteiger partial charge >= 0.3 is 11.8 Å². The number of hydrogen-bond acceptors (Lipinski definition) is 6. The number of aromatic nitrogens is 1. The van der Waals surface area contributed by atoms with Crippen molar-refractivity contribution in [2.75, 3.05) is 18.8 Å². The monoisotopic (exact) mass is 339 g/mol. The number of nitro groups is 1. The van der Waals surface area contributed by atoms with Gasteiger partial charge < -0.3 is 9.64 Å². The number of carbonyl (C=O) groups is 1. The van der Waals surface area contributed by atoms with Gasteiger partial charge in [-0.05, 0) is 39.2 Å². The summed E-state index contributed by atoms with van der Waals surface area (Å²) < 4.78 is 5.36. The summed E-state index contributed by atoms with van der Waals surface area (Å²) in [7, 11) is 0. The van der Waals surface area contributed by atoms with Crippen molar-refractivity contribution < 1.29 is 14.5 Å². The molecule has 0 spiro atoms. The Labute approximate surface area is 139 Å². The van der Waals surface area contributed by atoms with E-state index in [1.54, 1.807) is 17.2 Å². The Morgan fingerprint density at radius 1 is 1.57 bits per heavy atom. The summed E-state index contributed by atoms with van der Waals surface area (Å²) in [5, 5.41) is 11.4. The molecule has 0 N–H and O–H groups in total. The minimum atomic E-state index is -0.501. The molecule has 2 rings (SSSR count). The van der Waals surface area contributed by atoms with E-state index in [4.69, 9.17) is 4.74 Å². The number of nitrogens with zero attached hydrogens (tertiary/aromatic N) is 3. The predicted octanol–water partition coefficient (Wildman–Crippen LogP) is 3.34. The fraction of sp³-hybridized carbons (Fsp3) is 0.600. The van der Waals surface area contributed by atoms with Crippen molar-refractivity contribution in [3.8, 4) is 0 Å². The van der Waals surface area contributed by atoms with Crippen LogP contribution in [0.2, 0.25) is 0 Å². The van der Waals surface area contributed by atoms with Crippen LogP contribution >= 0.6 is 11.8 Å². The summed E-state index contributed by atoms with van der Waals surface area (Å²) in [6.07, 6.45) is 2.12. The van der Waals surface area contributed by atoms with E-state index in [0.717, 1.165) is 6.42 Å². The maximum atomic E-state index is 12.0. The molecule has 1 atom stereocenters. The van der Waals surface area contributed by atoms with Crippen LogP contribution in [0.15, 0.2) is 23.4 Å². The molecule has 1 aromatic heterocycles. The maximum absolute atomic E-state index is 12.0. The molecule has 1 aliphatic heterocycles. The van der Waals surface area contributed by atoms with Crippen LogP contribution in [0.25, 0.3) is 0 Å². The number of likely N-dealkylation sites (tertiary alicyclic amines) is 1. The molecule has 1 unspecified atom stereocenters. The topological polar surface area (TPSA) is 85.6 Å². The fourth-order valence-corrected chi connectivity index (χ4v) is 3.38. The number of carbonyl (C=O) groups excluding carboxylic acids is 1. The molecule has 7 nitrogen and oxygen atoms in total. The Morgan fingerprint density at radius 3 is 2.96 bits per heavy atom. The van der Waals surface area contributed by atoms with Gasteiger partial charge in [-0.3, -0.25) is 10.1 Å². The molecular formula is C15H21N3O4S. The van der Waals surface area contributed by atoms with E-state index in [0.29, 0.717) is 23.9 Å². The maximum Gasteiger partial charge on any atom is 0.410 e. The molecule has 1 aliphatic rings. The van der Waals surface area contributed by atoms with Crippen LogP contribution in [0.4, 0.5) is 10.5 Å². The number of pyridine rings is 1. The van der Waals surface area contributed by atoms with Crippen molar-refractivity contribution in [3.63, 3.8) is 0 Å². The smallest absolute Gasteiger partial charge is 0.410 e. The molecular weight excluding hydrogens is 318 g/mol. The van der Waals surface area contributed by atoms with Crippen molar-refractivity contribution in [2.24, 2.45) is 5.92 Å². The lowest BCUT2D eigenvalue weighted by Crippen LogP contribution is -2.35. The Morgan fingerprint density at radius 2 is 2.30 bits per heavy atom. The number of rotatable bonds is 4. The van der Waals surface area contributed by atoms with E-state index >= 15 is 0 Å². The zero-order valence-corrected chi connectivity index (χ0v) is 14.3. The summed E-state index contributed by atoms with van der Waals surface area (Å²) >= 11 is 1.37. The van der Waals surface area contributed by atoms with Gasteiger partial charge in [0.1, 0.15) is 5.60 Å². The minimum Gasteiger partial charge on any atom is -0.444 e. The number of ether oxygens (including phenoxy) is 1. The van der Waals surface area contributed by atoms with Crippen molar-refractivity contribution >= 4 is 23.5 Å². The molecule has 0 radical (unpaired) electrons. The molecule has 1 amide bonds. The second-order valence-corrected chi connectivity index (χ2v) is 7.49. The van der Waals surface area contributed by atoms with E-state index in [-0.39, 0.29) is 17.7 Å². The second kappa shape index (κ2) is 7.16. The Kier molecular flexibility index (Phi) is 5.46. The first-order valence-electron chi connectivity index (χ1n) is 7.46. The summed E-state index contributed by atoms with van der Waals surface area (Å²) in [5.74, 6) is 0.978. The third-order valence-corrected chi connectivity index (χ3v) is 4.57. The lowest BCUT2D eigenvalue weighted by molar-refractivity contribution is -0.388. The molecule has 0 saturated carbocycles. The molecule has 0 aromatic carbocycles. The van der Waals surface area contributed by atoms with Gasteiger partial charge in [0.15, 0.2) is 5.03 Å². The summed E-state index contributed by atoms with van der Waals surface area (Å²) in [4.78, 5) is 28.4. The number of amides is 1. The van der Waals surface area contributed by atoms with Gasteiger partial charge in [-0.2, -0.15) is 0 Å². The minimum absolute atomic E-state index is 0.0273. The van der Waals surface area contributed by atoms with Gasteiger partial charge in [-0.1, -0.05) is 11.8 Å². The van der Waals surface area contributed by atoms with E-state index < -0.39 is 10.5 Å². The van der Waals surface area contributed by atoms with Gasteiger partial charge in [0.25, 0.3) is 0 Å². The molecule has 0 aliphatic carbocycles. The average molecular weight is 339 g/mol. The average Bonchev–Trinajstić information content (AvgIpc) is 2.92. The zero-order chi connectivity index (χ0) is 17.0. The van der Waals surface area contributed by atoms with Gasteiger partial charge in [-0.25, -0.2) is 9.78 Å². The molecule has 2 heterocycles. The first-order valence-corrected chi connectivity index (χ1v) is 8.45. The zero-order valence-electron chi connectivity index (χ0n) is 13.5. The van der Waals surface area contributed by atoms with Crippen LogP contribution in [0.5, 0.6) is 0 Å². The van der Waals surface area contributed by atoms with Crippen LogP contribution in [0.1, 0.15) is 27.2 Å². The Balaban J connectivity index is 1.87. The van der Waals surface area contributed by atoms with E-state index in [1.165, 1.54) is 17.8 Å². The first kappa shape index (κ1) is 17.5. The lowest BCUT2D eigenvalue weighted by Gasteiger charge is -2.24. The highest BCUT2D eigenvalue weighted by Crippen LogP contribution is 2.30. The Bertz CT molecular complexity index is 588. The normalized spacial score (nSPS) is 18.0. The van der Waals surface area contributed by atoms with E-state index in [2.05, 4.69) is 4.98 Å². The largest absolute Gasteiger partial charge is 0.444 e. The van der Waals surface area contributed by atoms with Crippen LogP contribution in [0.3, 0.4) is 0 Å². The molecule has 1 fully saturated rings. The van der Waals surface area contributed by atoms with Crippen LogP contribution in [-0.2, 0) is 4.74 Å².